The number of aromatic nitrogens is 1. The topological polar surface area (TPSA) is 59.4 Å². The predicted molar refractivity (Wildman–Crippen MR) is 42.8 cm³/mol. The van der Waals surface area contributed by atoms with Gasteiger partial charge in [-0.1, -0.05) is 11.6 Å². The molecular weight excluding hydrogens is 201 g/mol. The van der Waals surface area contributed by atoms with Crippen LogP contribution in [-0.2, 0) is 0 Å². The summed E-state index contributed by atoms with van der Waals surface area (Å²) in [5, 5.41) is 8.55. The lowest BCUT2D eigenvalue weighted by atomic mass is 10.3. The van der Waals surface area contributed by atoms with Crippen molar-refractivity contribution < 1.29 is 19.0 Å². The van der Waals surface area contributed by atoms with Crippen LogP contribution in [-0.4, -0.2) is 22.9 Å². The van der Waals surface area contributed by atoms with Crippen molar-refractivity contribution in [2.45, 2.75) is 0 Å². The van der Waals surface area contributed by atoms with Crippen LogP contribution in [0.25, 0.3) is 0 Å². The van der Waals surface area contributed by atoms with Crippen molar-refractivity contribution in [3.63, 3.8) is 0 Å². The third kappa shape index (κ3) is 2.29. The molecule has 0 aliphatic heterocycles. The van der Waals surface area contributed by atoms with Gasteiger partial charge in [0, 0.05) is 6.07 Å². The Hall–Kier alpha value is -1.36. The third-order valence-electron chi connectivity index (χ3n) is 1.23. The lowest BCUT2D eigenvalue weighted by Crippen LogP contribution is -2.03. The van der Waals surface area contributed by atoms with Crippen LogP contribution in [0, 0.1) is 0 Å². The van der Waals surface area contributed by atoms with Gasteiger partial charge in [-0.2, -0.15) is 0 Å². The summed E-state index contributed by atoms with van der Waals surface area (Å²) in [7, 11) is 0. The Morgan fingerprint density at radius 2 is 2.38 bits per heavy atom. The number of carbonyl (C=O) groups is 1. The summed E-state index contributed by atoms with van der Waals surface area (Å²) >= 11 is 5.50. The molecular formula is C7H5ClFNO3. The molecule has 70 valence electrons. The van der Waals surface area contributed by atoms with E-state index in [1.54, 1.807) is 0 Å². The number of hydrogen-bond acceptors (Lipinski definition) is 3. The van der Waals surface area contributed by atoms with Gasteiger partial charge in [-0.05, 0) is 6.07 Å². The number of halogens is 2. The minimum Gasteiger partial charge on any atom is -0.476 e. The van der Waals surface area contributed by atoms with Crippen molar-refractivity contribution in [3.8, 4) is 5.88 Å². The zero-order valence-corrected chi connectivity index (χ0v) is 7.08. The summed E-state index contributed by atoms with van der Waals surface area (Å²) in [6.45, 7) is -1.06. The number of aromatic carboxylic acids is 1. The molecule has 6 heteroatoms. The lowest BCUT2D eigenvalue weighted by molar-refractivity contribution is 0.0688. The molecule has 0 atom stereocenters. The van der Waals surface area contributed by atoms with Crippen molar-refractivity contribution in [2.24, 2.45) is 0 Å². The van der Waals surface area contributed by atoms with Gasteiger partial charge in [-0.25, -0.2) is 14.2 Å². The SMILES string of the molecule is O=C(O)c1nc(OCF)ccc1Cl. The molecule has 1 N–H and O–H groups in total. The molecule has 13 heavy (non-hydrogen) atoms. The maximum absolute atomic E-state index is 11.7. The summed E-state index contributed by atoms with van der Waals surface area (Å²) in [5.74, 6) is -1.39. The quantitative estimate of drug-likeness (QED) is 0.817. The Morgan fingerprint density at radius 1 is 1.69 bits per heavy atom. The first kappa shape index (κ1) is 9.73. The summed E-state index contributed by atoms with van der Waals surface area (Å²) < 4.78 is 16.0. The second-order valence-corrected chi connectivity index (χ2v) is 2.45. The molecule has 0 aliphatic rings. The summed E-state index contributed by atoms with van der Waals surface area (Å²) in [5.41, 5.74) is -0.354. The first-order valence-electron chi connectivity index (χ1n) is 3.23. The van der Waals surface area contributed by atoms with Crippen molar-refractivity contribution in [2.75, 3.05) is 6.86 Å². The van der Waals surface area contributed by atoms with Gasteiger partial charge >= 0.3 is 5.97 Å². The van der Waals surface area contributed by atoms with Crippen LogP contribution in [0.5, 0.6) is 5.88 Å². The van der Waals surface area contributed by atoms with E-state index >= 15 is 0 Å². The Balaban J connectivity index is 3.04. The summed E-state index contributed by atoms with van der Waals surface area (Å²) in [6, 6.07) is 2.57. The monoisotopic (exact) mass is 205 g/mol. The minimum atomic E-state index is -1.28. The molecule has 1 aromatic heterocycles. The molecule has 0 bridgehead atoms. The Morgan fingerprint density at radius 3 is 2.92 bits per heavy atom. The summed E-state index contributed by atoms with van der Waals surface area (Å²) in [6.07, 6.45) is 0. The van der Waals surface area contributed by atoms with Crippen molar-refractivity contribution in [1.82, 2.24) is 4.98 Å². The van der Waals surface area contributed by atoms with Gasteiger partial charge < -0.3 is 9.84 Å². The number of ether oxygens (including phenoxy) is 1. The predicted octanol–water partition coefficient (Wildman–Crippen LogP) is 1.74. The number of nitrogens with zero attached hydrogens (tertiary/aromatic N) is 1. The number of carboxylic acids is 1. The molecule has 0 amide bonds. The molecule has 0 unspecified atom stereocenters. The molecule has 4 nitrogen and oxygen atoms in total. The van der Waals surface area contributed by atoms with Gasteiger partial charge in [0.25, 0.3) is 0 Å². The fraction of sp³-hybridized carbons (Fsp3) is 0.143. The van der Waals surface area contributed by atoms with E-state index in [2.05, 4.69) is 9.72 Å². The molecule has 0 saturated heterocycles. The van der Waals surface area contributed by atoms with E-state index in [0.717, 1.165) is 0 Å². The highest BCUT2D eigenvalue weighted by molar-refractivity contribution is 6.33. The second kappa shape index (κ2) is 4.04. The summed E-state index contributed by atoms with van der Waals surface area (Å²) in [4.78, 5) is 13.9. The van der Waals surface area contributed by atoms with E-state index in [1.165, 1.54) is 12.1 Å². The van der Waals surface area contributed by atoms with Crippen LogP contribution in [0.15, 0.2) is 12.1 Å². The van der Waals surface area contributed by atoms with E-state index in [-0.39, 0.29) is 16.6 Å². The highest BCUT2D eigenvalue weighted by Crippen LogP contribution is 2.17. The molecule has 1 aromatic rings. The molecule has 0 spiro atoms. The second-order valence-electron chi connectivity index (χ2n) is 2.04. The van der Waals surface area contributed by atoms with Crippen molar-refractivity contribution in [1.29, 1.82) is 0 Å². The maximum atomic E-state index is 11.7. The number of pyridine rings is 1. The highest BCUT2D eigenvalue weighted by atomic mass is 35.5. The first-order chi connectivity index (χ1) is 6.15. The van der Waals surface area contributed by atoms with Gasteiger partial charge in [0.1, 0.15) is 0 Å². The van der Waals surface area contributed by atoms with Crippen molar-refractivity contribution in [3.05, 3.63) is 22.8 Å². The Labute approximate surface area is 77.9 Å². The van der Waals surface area contributed by atoms with Gasteiger partial charge in [-0.15, -0.1) is 0 Å². The van der Waals surface area contributed by atoms with Gasteiger partial charge in [0.05, 0.1) is 5.02 Å². The zero-order chi connectivity index (χ0) is 9.84. The van der Waals surface area contributed by atoms with Crippen LogP contribution < -0.4 is 4.74 Å². The van der Waals surface area contributed by atoms with Gasteiger partial charge in [0.15, 0.2) is 5.69 Å². The standard InChI is InChI=1S/C7H5ClFNO3/c8-4-1-2-5(13-3-9)10-6(4)7(11)12/h1-2H,3H2,(H,11,12). The molecule has 0 aliphatic carbocycles. The molecule has 1 rings (SSSR count). The largest absolute Gasteiger partial charge is 0.476 e. The van der Waals surface area contributed by atoms with E-state index in [1.807, 2.05) is 0 Å². The number of rotatable bonds is 3. The van der Waals surface area contributed by atoms with Crippen molar-refractivity contribution >= 4 is 17.6 Å². The van der Waals surface area contributed by atoms with Gasteiger partial charge in [0.2, 0.25) is 12.7 Å². The van der Waals surface area contributed by atoms with Crippen LogP contribution in [0.3, 0.4) is 0 Å². The normalized spacial score (nSPS) is 9.69. The highest BCUT2D eigenvalue weighted by Gasteiger charge is 2.11. The molecule has 0 saturated carbocycles. The smallest absolute Gasteiger partial charge is 0.356 e. The third-order valence-corrected chi connectivity index (χ3v) is 1.53. The number of carboxylic acid groups (broad SMARTS) is 1. The minimum absolute atomic E-state index is 0.0151. The van der Waals surface area contributed by atoms with E-state index in [4.69, 9.17) is 16.7 Å². The number of alkyl halides is 1. The maximum Gasteiger partial charge on any atom is 0.356 e. The van der Waals surface area contributed by atoms with Gasteiger partial charge in [-0.3, -0.25) is 0 Å². The Bertz CT molecular complexity index is 332. The molecule has 0 radical (unpaired) electrons. The average molecular weight is 206 g/mol. The van der Waals surface area contributed by atoms with Crippen LogP contribution in [0.4, 0.5) is 4.39 Å². The molecule has 0 aromatic carbocycles. The molecule has 1 heterocycles. The average Bonchev–Trinajstić information content (AvgIpc) is 2.08. The number of hydrogen-bond donors (Lipinski definition) is 1. The molecule has 0 fully saturated rings. The van der Waals surface area contributed by atoms with E-state index in [0.29, 0.717) is 0 Å². The van der Waals surface area contributed by atoms with E-state index < -0.39 is 12.8 Å². The van der Waals surface area contributed by atoms with Crippen LogP contribution in [0.2, 0.25) is 5.02 Å². The lowest BCUT2D eigenvalue weighted by Gasteiger charge is -2.01. The Kier molecular flexibility index (Phi) is 3.02. The first-order valence-corrected chi connectivity index (χ1v) is 3.61. The fourth-order valence-corrected chi connectivity index (χ4v) is 0.897. The van der Waals surface area contributed by atoms with Crippen LogP contribution in [0.1, 0.15) is 10.5 Å². The zero-order valence-electron chi connectivity index (χ0n) is 6.33. The van der Waals surface area contributed by atoms with E-state index in [9.17, 15) is 9.18 Å². The fourth-order valence-electron chi connectivity index (χ4n) is 0.711. The van der Waals surface area contributed by atoms with Crippen LogP contribution >= 0.6 is 11.6 Å².